The first kappa shape index (κ1) is 22.0. The number of nitrogens with zero attached hydrogens (tertiary/aromatic N) is 4. The van der Waals surface area contributed by atoms with E-state index in [2.05, 4.69) is 11.5 Å². The van der Waals surface area contributed by atoms with Crippen LogP contribution in [-0.4, -0.2) is 50.5 Å². The Bertz CT molecular complexity index is 904. The largest absolute Gasteiger partial charge is 0.372 e. The zero-order chi connectivity index (χ0) is 21.0. The van der Waals surface area contributed by atoms with Crippen LogP contribution in [-0.2, 0) is 22.6 Å². The number of aromatic nitrogens is 3. The number of halogens is 1. The smallest absolute Gasteiger partial charge is 0.224 e. The molecule has 0 radical (unpaired) electrons. The Morgan fingerprint density at radius 1 is 1.28 bits per heavy atom. The molecule has 1 amide bonds. The number of amides is 1. The van der Waals surface area contributed by atoms with E-state index in [1.54, 1.807) is 4.68 Å². The van der Waals surface area contributed by atoms with E-state index in [1.807, 2.05) is 43.0 Å². The summed E-state index contributed by atoms with van der Waals surface area (Å²) in [5, 5.41) is 5.43. The first-order valence-electron chi connectivity index (χ1n) is 10.2. The predicted octanol–water partition coefficient (Wildman–Crippen LogP) is 4.56. The molecule has 6 nitrogen and oxygen atoms in total. The molecule has 1 aliphatic heterocycles. The third-order valence-electron chi connectivity index (χ3n) is 5.08. The molecule has 2 aromatic rings. The molecule has 0 aliphatic carbocycles. The number of ether oxygens (including phenoxy) is 1. The first-order valence-corrected chi connectivity index (χ1v) is 10.9. The number of unbranched alkanes of at least 4 members (excludes halogenated alkanes) is 1. The Balaban J connectivity index is 1.77. The van der Waals surface area contributed by atoms with Crippen molar-refractivity contribution in [3.8, 4) is 11.4 Å². The monoisotopic (exact) mass is 436 g/mol. The summed E-state index contributed by atoms with van der Waals surface area (Å²) >= 11 is 11.7. The van der Waals surface area contributed by atoms with Crippen molar-refractivity contribution in [3.63, 3.8) is 0 Å². The van der Waals surface area contributed by atoms with Crippen molar-refractivity contribution in [1.29, 1.82) is 0 Å². The van der Waals surface area contributed by atoms with Crippen LogP contribution >= 0.6 is 23.8 Å². The second-order valence-corrected chi connectivity index (χ2v) is 8.82. The molecule has 29 heavy (non-hydrogen) atoms. The summed E-state index contributed by atoms with van der Waals surface area (Å²) in [7, 11) is 0. The Morgan fingerprint density at radius 3 is 2.66 bits per heavy atom. The Labute approximate surface area is 182 Å². The highest BCUT2D eigenvalue weighted by molar-refractivity contribution is 7.71. The van der Waals surface area contributed by atoms with E-state index >= 15 is 0 Å². The number of morpholine rings is 1. The molecule has 158 valence electrons. The van der Waals surface area contributed by atoms with Crippen molar-refractivity contribution >= 4 is 29.7 Å². The molecule has 0 saturated carbocycles. The summed E-state index contributed by atoms with van der Waals surface area (Å²) in [5.74, 6) is 0.930. The zero-order valence-corrected chi connectivity index (χ0v) is 18.9. The molecule has 1 saturated heterocycles. The molecule has 0 atom stereocenters. The standard InChI is InChI=1S/C21H29ClN4O2S/c1-4-5-11-25-19(16-6-8-17(22)9-7-16)23-26(20(25)29)12-10-18(27)24-13-14-28-21(2,3)15-24/h6-9H,4-5,10-15H2,1-3H3. The Morgan fingerprint density at radius 2 is 2.00 bits per heavy atom. The highest BCUT2D eigenvalue weighted by Gasteiger charge is 2.29. The van der Waals surface area contributed by atoms with Crippen LogP contribution < -0.4 is 0 Å². The molecule has 3 rings (SSSR count). The highest BCUT2D eigenvalue weighted by atomic mass is 35.5. The normalized spacial score (nSPS) is 16.2. The van der Waals surface area contributed by atoms with Gasteiger partial charge in [0.15, 0.2) is 10.6 Å². The highest BCUT2D eigenvalue weighted by Crippen LogP contribution is 2.22. The molecule has 0 unspecified atom stereocenters. The van der Waals surface area contributed by atoms with Crippen LogP contribution in [0.1, 0.15) is 40.0 Å². The van der Waals surface area contributed by atoms with Crippen molar-refractivity contribution < 1.29 is 9.53 Å². The maximum Gasteiger partial charge on any atom is 0.224 e. The Hall–Kier alpha value is -1.70. The van der Waals surface area contributed by atoms with Crippen LogP contribution in [0.2, 0.25) is 5.02 Å². The average molecular weight is 437 g/mol. The summed E-state index contributed by atoms with van der Waals surface area (Å²) in [6.45, 7) is 9.26. The fraction of sp³-hybridized carbons (Fsp3) is 0.571. The van der Waals surface area contributed by atoms with Crippen molar-refractivity contribution in [2.45, 2.75) is 58.7 Å². The topological polar surface area (TPSA) is 52.3 Å². The van der Waals surface area contributed by atoms with Gasteiger partial charge in [0.1, 0.15) is 0 Å². The van der Waals surface area contributed by atoms with E-state index in [9.17, 15) is 4.79 Å². The summed E-state index contributed by atoms with van der Waals surface area (Å²) in [6, 6.07) is 7.61. The molecule has 1 aromatic heterocycles. The van der Waals surface area contributed by atoms with Gasteiger partial charge in [-0.25, -0.2) is 4.68 Å². The second-order valence-electron chi connectivity index (χ2n) is 8.01. The minimum absolute atomic E-state index is 0.111. The lowest BCUT2D eigenvalue weighted by Gasteiger charge is -2.38. The van der Waals surface area contributed by atoms with E-state index in [0.717, 1.165) is 30.8 Å². The summed E-state index contributed by atoms with van der Waals surface area (Å²) < 4.78 is 10.2. The van der Waals surface area contributed by atoms with Gasteiger partial charge in [-0.3, -0.25) is 9.36 Å². The quantitative estimate of drug-likeness (QED) is 0.597. The van der Waals surface area contributed by atoms with E-state index < -0.39 is 0 Å². The average Bonchev–Trinajstić information content (AvgIpc) is 3.00. The van der Waals surface area contributed by atoms with Crippen LogP contribution in [0.15, 0.2) is 24.3 Å². The molecular formula is C21H29ClN4O2S. The molecule has 1 aromatic carbocycles. The Kier molecular flexibility index (Phi) is 7.14. The van der Waals surface area contributed by atoms with Gasteiger partial charge in [-0.15, -0.1) is 0 Å². The van der Waals surface area contributed by atoms with Gasteiger partial charge in [-0.05, 0) is 56.8 Å². The van der Waals surface area contributed by atoms with Crippen molar-refractivity contribution in [1.82, 2.24) is 19.2 Å². The van der Waals surface area contributed by atoms with Gasteiger partial charge in [0, 0.05) is 36.6 Å². The fourth-order valence-electron chi connectivity index (χ4n) is 3.51. The number of hydrogen-bond donors (Lipinski definition) is 0. The number of carbonyl (C=O) groups is 1. The van der Waals surface area contributed by atoms with Gasteiger partial charge in [-0.2, -0.15) is 5.10 Å². The molecule has 1 aliphatic rings. The van der Waals surface area contributed by atoms with Crippen molar-refractivity contribution in [2.24, 2.45) is 0 Å². The number of hydrogen-bond acceptors (Lipinski definition) is 4. The summed E-state index contributed by atoms with van der Waals surface area (Å²) in [5.41, 5.74) is 0.671. The van der Waals surface area contributed by atoms with E-state index in [-0.39, 0.29) is 11.5 Å². The van der Waals surface area contributed by atoms with Crippen molar-refractivity contribution in [2.75, 3.05) is 19.7 Å². The van der Waals surface area contributed by atoms with E-state index in [0.29, 0.717) is 42.5 Å². The van der Waals surface area contributed by atoms with Gasteiger partial charge < -0.3 is 9.64 Å². The van der Waals surface area contributed by atoms with Crippen LogP contribution in [0.25, 0.3) is 11.4 Å². The molecule has 0 spiro atoms. The van der Waals surface area contributed by atoms with Crippen LogP contribution in [0.3, 0.4) is 0 Å². The molecular weight excluding hydrogens is 408 g/mol. The van der Waals surface area contributed by atoms with Gasteiger partial charge in [-0.1, -0.05) is 24.9 Å². The lowest BCUT2D eigenvalue weighted by atomic mass is 10.1. The van der Waals surface area contributed by atoms with Crippen LogP contribution in [0.4, 0.5) is 0 Å². The fourth-order valence-corrected chi connectivity index (χ4v) is 3.94. The van der Waals surface area contributed by atoms with Crippen LogP contribution in [0, 0.1) is 4.77 Å². The molecule has 1 fully saturated rings. The zero-order valence-electron chi connectivity index (χ0n) is 17.4. The lowest BCUT2D eigenvalue weighted by Crippen LogP contribution is -2.50. The van der Waals surface area contributed by atoms with E-state index in [4.69, 9.17) is 33.7 Å². The first-order chi connectivity index (χ1) is 13.8. The van der Waals surface area contributed by atoms with Gasteiger partial charge >= 0.3 is 0 Å². The summed E-state index contributed by atoms with van der Waals surface area (Å²) in [4.78, 5) is 14.6. The van der Waals surface area contributed by atoms with Gasteiger partial charge in [0.2, 0.25) is 5.91 Å². The third-order valence-corrected chi connectivity index (χ3v) is 5.76. The predicted molar refractivity (Wildman–Crippen MR) is 118 cm³/mol. The molecule has 0 N–H and O–H groups in total. The molecule has 8 heteroatoms. The molecule has 2 heterocycles. The van der Waals surface area contributed by atoms with Gasteiger partial charge in [0.05, 0.1) is 18.8 Å². The second kappa shape index (κ2) is 9.41. The minimum atomic E-state index is -0.298. The number of carbonyl (C=O) groups excluding carboxylic acids is 1. The van der Waals surface area contributed by atoms with Crippen LogP contribution in [0.5, 0.6) is 0 Å². The lowest BCUT2D eigenvalue weighted by molar-refractivity contribution is -0.146. The maximum atomic E-state index is 12.7. The maximum absolute atomic E-state index is 12.7. The number of aryl methyl sites for hydroxylation is 1. The SMILES string of the molecule is CCCCn1c(-c2ccc(Cl)cc2)nn(CCC(=O)N2CCOC(C)(C)C2)c1=S. The minimum Gasteiger partial charge on any atom is -0.372 e. The van der Waals surface area contributed by atoms with Crippen molar-refractivity contribution in [3.05, 3.63) is 34.1 Å². The van der Waals surface area contributed by atoms with Gasteiger partial charge in [0.25, 0.3) is 0 Å². The van der Waals surface area contributed by atoms with E-state index in [1.165, 1.54) is 0 Å². The number of rotatable bonds is 7. The molecule has 0 bridgehead atoms. The number of benzene rings is 1. The third kappa shape index (κ3) is 5.47. The summed E-state index contributed by atoms with van der Waals surface area (Å²) in [6.07, 6.45) is 2.45.